The van der Waals surface area contributed by atoms with Crippen molar-refractivity contribution >= 4 is 5.52 Å². The Labute approximate surface area is 113 Å². The quantitative estimate of drug-likeness (QED) is 0.796. The number of rotatable bonds is 3. The first-order valence-electron chi connectivity index (χ1n) is 6.06. The zero-order chi connectivity index (χ0) is 14.1. The zero-order valence-corrected chi connectivity index (χ0v) is 10.8. The number of alkyl halides is 1. The Hall–Kier alpha value is -2.63. The lowest BCUT2D eigenvalue weighted by molar-refractivity contribution is 0.192. The molecule has 3 rings (SSSR count). The van der Waals surface area contributed by atoms with E-state index in [-0.39, 0.29) is 5.56 Å². The molecule has 0 unspecified atom stereocenters. The molecule has 0 spiro atoms. The molecule has 102 valence electrons. The van der Waals surface area contributed by atoms with Crippen LogP contribution >= 0.6 is 0 Å². The summed E-state index contributed by atoms with van der Waals surface area (Å²) >= 11 is 0. The van der Waals surface area contributed by atoms with E-state index in [1.165, 1.54) is 0 Å². The number of nitrogens with one attached hydrogen (secondary N) is 1. The minimum atomic E-state index is -0.866. The standard InChI is InChI=1S/C14H12FN3O2/c1-9-6-13-14(19)16-12(7-18(13)17-9)10-2-4-11(5-3-10)20-8-15/h2-7H,8H2,1H3,(H,16,19). The molecular formula is C14H12FN3O2. The molecule has 0 aliphatic heterocycles. The van der Waals surface area contributed by atoms with Crippen molar-refractivity contribution in [2.45, 2.75) is 6.92 Å². The van der Waals surface area contributed by atoms with Crippen LogP contribution in [-0.2, 0) is 0 Å². The van der Waals surface area contributed by atoms with Crippen molar-refractivity contribution in [3.8, 4) is 17.0 Å². The molecule has 0 fully saturated rings. The fourth-order valence-electron chi connectivity index (χ4n) is 2.07. The van der Waals surface area contributed by atoms with Crippen LogP contribution < -0.4 is 10.3 Å². The Bertz CT molecular complexity index is 805. The van der Waals surface area contributed by atoms with Crippen molar-refractivity contribution in [1.29, 1.82) is 0 Å². The predicted molar refractivity (Wildman–Crippen MR) is 72.6 cm³/mol. The monoisotopic (exact) mass is 273 g/mol. The van der Waals surface area contributed by atoms with Crippen molar-refractivity contribution in [3.63, 3.8) is 0 Å². The van der Waals surface area contributed by atoms with Gasteiger partial charge in [-0.25, -0.2) is 8.91 Å². The van der Waals surface area contributed by atoms with Crippen molar-refractivity contribution in [2.75, 3.05) is 6.86 Å². The molecule has 0 aliphatic rings. The molecule has 0 radical (unpaired) electrons. The number of aryl methyl sites for hydroxylation is 1. The van der Waals surface area contributed by atoms with Gasteiger partial charge in [0.15, 0.2) is 0 Å². The lowest BCUT2D eigenvalue weighted by Crippen LogP contribution is -2.10. The second kappa shape index (κ2) is 4.80. The SMILES string of the molecule is Cc1cc2c(=O)[nH]c(-c3ccc(OCF)cc3)cn2n1. The average molecular weight is 273 g/mol. The number of benzene rings is 1. The molecule has 1 aromatic carbocycles. The normalized spacial score (nSPS) is 10.9. The van der Waals surface area contributed by atoms with Gasteiger partial charge in [0.05, 0.1) is 17.6 Å². The maximum absolute atomic E-state index is 12.1. The van der Waals surface area contributed by atoms with Gasteiger partial charge in [0, 0.05) is 0 Å². The number of aromatic amines is 1. The van der Waals surface area contributed by atoms with E-state index in [0.717, 1.165) is 11.3 Å². The third-order valence-electron chi connectivity index (χ3n) is 2.98. The molecule has 5 nitrogen and oxygen atoms in total. The van der Waals surface area contributed by atoms with Crippen LogP contribution in [0.2, 0.25) is 0 Å². The minimum absolute atomic E-state index is 0.202. The summed E-state index contributed by atoms with van der Waals surface area (Å²) < 4.78 is 18.3. The van der Waals surface area contributed by atoms with Crippen LogP contribution in [0.5, 0.6) is 5.75 Å². The lowest BCUT2D eigenvalue weighted by atomic mass is 10.1. The molecule has 1 N–H and O–H groups in total. The Morgan fingerprint density at radius 1 is 1.35 bits per heavy atom. The average Bonchev–Trinajstić information content (AvgIpc) is 2.81. The maximum atomic E-state index is 12.1. The largest absolute Gasteiger partial charge is 0.463 e. The van der Waals surface area contributed by atoms with Crippen LogP contribution in [0.3, 0.4) is 0 Å². The van der Waals surface area contributed by atoms with Crippen LogP contribution in [0.25, 0.3) is 16.8 Å². The van der Waals surface area contributed by atoms with Crippen LogP contribution in [0.15, 0.2) is 41.3 Å². The molecule has 6 heteroatoms. The number of aromatic nitrogens is 3. The van der Waals surface area contributed by atoms with E-state index in [2.05, 4.69) is 10.1 Å². The van der Waals surface area contributed by atoms with Gasteiger partial charge in [0.2, 0.25) is 6.86 Å². The maximum Gasteiger partial charge on any atom is 0.274 e. The van der Waals surface area contributed by atoms with E-state index >= 15 is 0 Å². The summed E-state index contributed by atoms with van der Waals surface area (Å²) in [5, 5.41) is 4.23. The molecule has 0 amide bonds. The number of nitrogens with zero attached hydrogens (tertiary/aromatic N) is 2. The van der Waals surface area contributed by atoms with Crippen molar-refractivity contribution in [3.05, 3.63) is 52.6 Å². The van der Waals surface area contributed by atoms with Gasteiger partial charge in [0.1, 0.15) is 11.3 Å². The Morgan fingerprint density at radius 2 is 2.10 bits per heavy atom. The molecular weight excluding hydrogens is 261 g/mol. The fraction of sp³-hybridized carbons (Fsp3) is 0.143. The summed E-state index contributed by atoms with van der Waals surface area (Å²) in [6.45, 7) is 0.962. The van der Waals surface area contributed by atoms with Crippen molar-refractivity contribution in [1.82, 2.24) is 14.6 Å². The molecule has 20 heavy (non-hydrogen) atoms. The topological polar surface area (TPSA) is 59.4 Å². The third-order valence-corrected chi connectivity index (χ3v) is 2.98. The first kappa shape index (κ1) is 12.4. The Kier molecular flexibility index (Phi) is 2.98. The van der Waals surface area contributed by atoms with Gasteiger partial charge in [0.25, 0.3) is 5.56 Å². The van der Waals surface area contributed by atoms with E-state index < -0.39 is 6.86 Å². The van der Waals surface area contributed by atoms with E-state index in [1.54, 1.807) is 41.0 Å². The smallest absolute Gasteiger partial charge is 0.274 e. The molecule has 0 saturated carbocycles. The number of ether oxygens (including phenoxy) is 1. The van der Waals surface area contributed by atoms with Gasteiger partial charge in [-0.05, 0) is 42.8 Å². The summed E-state index contributed by atoms with van der Waals surface area (Å²) in [6, 6.07) is 8.51. The van der Waals surface area contributed by atoms with Gasteiger partial charge >= 0.3 is 0 Å². The highest BCUT2D eigenvalue weighted by atomic mass is 19.1. The zero-order valence-electron chi connectivity index (χ0n) is 10.8. The number of fused-ring (bicyclic) bond motifs is 1. The predicted octanol–water partition coefficient (Wildman–Crippen LogP) is 2.30. The third kappa shape index (κ3) is 2.16. The molecule has 3 aromatic rings. The number of hydrogen-bond acceptors (Lipinski definition) is 3. The van der Waals surface area contributed by atoms with Crippen LogP contribution in [-0.4, -0.2) is 21.5 Å². The highest BCUT2D eigenvalue weighted by Gasteiger charge is 2.06. The van der Waals surface area contributed by atoms with E-state index in [1.807, 2.05) is 6.92 Å². The molecule has 0 saturated heterocycles. The van der Waals surface area contributed by atoms with Crippen LogP contribution in [0.1, 0.15) is 5.69 Å². The molecule has 0 bridgehead atoms. The second-order valence-corrected chi connectivity index (χ2v) is 4.39. The van der Waals surface area contributed by atoms with Crippen LogP contribution in [0.4, 0.5) is 4.39 Å². The lowest BCUT2D eigenvalue weighted by Gasteiger charge is -2.04. The fourth-order valence-corrected chi connectivity index (χ4v) is 2.07. The van der Waals surface area contributed by atoms with Crippen LogP contribution in [0, 0.1) is 6.92 Å². The summed E-state index contributed by atoms with van der Waals surface area (Å²) in [7, 11) is 0. The van der Waals surface area contributed by atoms with Crippen molar-refractivity contribution < 1.29 is 9.13 Å². The van der Waals surface area contributed by atoms with E-state index in [9.17, 15) is 9.18 Å². The molecule has 0 atom stereocenters. The Balaban J connectivity index is 2.07. The molecule has 0 aliphatic carbocycles. The van der Waals surface area contributed by atoms with E-state index in [4.69, 9.17) is 4.74 Å². The summed E-state index contributed by atoms with van der Waals surface area (Å²) in [5.41, 5.74) is 2.51. The van der Waals surface area contributed by atoms with Crippen molar-refractivity contribution in [2.24, 2.45) is 0 Å². The number of halogens is 1. The number of H-pyrrole nitrogens is 1. The van der Waals surface area contributed by atoms with Gasteiger partial charge < -0.3 is 9.72 Å². The van der Waals surface area contributed by atoms with E-state index in [0.29, 0.717) is 17.0 Å². The van der Waals surface area contributed by atoms with Gasteiger partial charge in [-0.1, -0.05) is 0 Å². The minimum Gasteiger partial charge on any atom is -0.463 e. The first-order valence-corrected chi connectivity index (χ1v) is 6.06. The summed E-state index contributed by atoms with van der Waals surface area (Å²) in [6.07, 6.45) is 1.74. The molecule has 2 heterocycles. The van der Waals surface area contributed by atoms with Gasteiger partial charge in [-0.15, -0.1) is 0 Å². The summed E-state index contributed by atoms with van der Waals surface area (Å²) in [5.74, 6) is 0.439. The van der Waals surface area contributed by atoms with Gasteiger partial charge in [-0.2, -0.15) is 5.10 Å². The highest BCUT2D eigenvalue weighted by Crippen LogP contribution is 2.20. The molecule has 2 aromatic heterocycles. The van der Waals surface area contributed by atoms with Gasteiger partial charge in [-0.3, -0.25) is 4.79 Å². The second-order valence-electron chi connectivity index (χ2n) is 4.39. The Morgan fingerprint density at radius 3 is 2.80 bits per heavy atom. The number of hydrogen-bond donors (Lipinski definition) is 1. The first-order chi connectivity index (χ1) is 9.67. The highest BCUT2D eigenvalue weighted by molar-refractivity contribution is 5.61. The summed E-state index contributed by atoms with van der Waals surface area (Å²) in [4.78, 5) is 14.8.